The number of nitrogens with one attached hydrogen (secondary N) is 2. The number of pyridine rings is 1. The summed E-state index contributed by atoms with van der Waals surface area (Å²) in [6.45, 7) is 0.662. The number of anilines is 4. The van der Waals surface area contributed by atoms with Gasteiger partial charge in [0.25, 0.3) is 16.1 Å². The first-order valence-corrected chi connectivity index (χ1v) is 13.4. The Balaban J connectivity index is 1.34. The van der Waals surface area contributed by atoms with E-state index in [2.05, 4.69) is 25.6 Å². The topological polar surface area (TPSA) is 156 Å². The van der Waals surface area contributed by atoms with Crippen LogP contribution in [0.2, 0.25) is 5.02 Å². The van der Waals surface area contributed by atoms with E-state index in [1.165, 1.54) is 6.20 Å². The van der Waals surface area contributed by atoms with Crippen LogP contribution in [0.1, 0.15) is 11.1 Å². The molecule has 1 fully saturated rings. The maximum Gasteiger partial charge on any atom is 0.277 e. The summed E-state index contributed by atoms with van der Waals surface area (Å²) in [4.78, 5) is 27.3. The number of carbonyl (C=O) groups is 1. The third-order valence-corrected chi connectivity index (χ3v) is 7.47. The molecule has 1 amide bonds. The van der Waals surface area contributed by atoms with Crippen LogP contribution in [0.5, 0.6) is 5.75 Å². The molecule has 0 aliphatic carbocycles. The van der Waals surface area contributed by atoms with Crippen LogP contribution in [0.15, 0.2) is 42.9 Å². The van der Waals surface area contributed by atoms with Crippen molar-refractivity contribution < 1.29 is 17.9 Å². The van der Waals surface area contributed by atoms with Crippen LogP contribution in [0, 0.1) is 0 Å². The number of piperazine rings is 1. The highest BCUT2D eigenvalue weighted by Crippen LogP contribution is 2.30. The number of aromatic nitrogens is 3. The van der Waals surface area contributed by atoms with Gasteiger partial charge in [0.1, 0.15) is 10.8 Å². The van der Waals surface area contributed by atoms with E-state index in [1.54, 1.807) is 23.4 Å². The SMILES string of the molecule is NS(=O)(=O)N1CCN(C(=O)COc2ccc3cc2CCc2cncc(c2)Nc2ncc(Cl)c(n2)N3)CC1. The zero-order chi connectivity index (χ0) is 26.0. The van der Waals surface area contributed by atoms with Gasteiger partial charge in [-0.1, -0.05) is 11.6 Å². The number of amides is 1. The van der Waals surface area contributed by atoms with Crippen molar-refractivity contribution in [2.24, 2.45) is 5.14 Å². The van der Waals surface area contributed by atoms with Gasteiger partial charge in [0, 0.05) is 38.1 Å². The van der Waals surface area contributed by atoms with Crippen LogP contribution in [-0.2, 0) is 27.8 Å². The third-order valence-electron chi connectivity index (χ3n) is 6.10. The quantitative estimate of drug-likeness (QED) is 0.446. The Labute approximate surface area is 219 Å². The molecule has 3 aromatic rings. The number of nitrogens with zero attached hydrogens (tertiary/aromatic N) is 5. The van der Waals surface area contributed by atoms with Crippen LogP contribution in [-0.4, -0.2) is 71.3 Å². The van der Waals surface area contributed by atoms with Crippen molar-refractivity contribution in [3.8, 4) is 5.75 Å². The Hall–Kier alpha value is -3.52. The lowest BCUT2D eigenvalue weighted by Gasteiger charge is -2.32. The van der Waals surface area contributed by atoms with Gasteiger partial charge < -0.3 is 20.3 Å². The fourth-order valence-electron chi connectivity index (χ4n) is 4.17. The minimum atomic E-state index is -3.76. The predicted molar refractivity (Wildman–Crippen MR) is 138 cm³/mol. The first-order chi connectivity index (χ1) is 17.7. The number of hydrogen-bond acceptors (Lipinski definition) is 9. The number of rotatable bonds is 4. The van der Waals surface area contributed by atoms with E-state index in [9.17, 15) is 13.2 Å². The number of benzene rings is 1. The summed E-state index contributed by atoms with van der Waals surface area (Å²) in [5.74, 6) is 1.18. The maximum absolute atomic E-state index is 12.8. The molecule has 2 aliphatic heterocycles. The number of aryl methyl sites for hydroxylation is 2. The first-order valence-electron chi connectivity index (χ1n) is 11.6. The summed E-state index contributed by atoms with van der Waals surface area (Å²) in [6, 6.07) is 7.53. The molecule has 0 atom stereocenters. The largest absolute Gasteiger partial charge is 0.483 e. The van der Waals surface area contributed by atoms with Gasteiger partial charge in [0.2, 0.25) is 5.95 Å². The number of carbonyl (C=O) groups excluding carboxylic acids is 1. The van der Waals surface area contributed by atoms with E-state index < -0.39 is 10.2 Å². The third kappa shape index (κ3) is 6.07. The lowest BCUT2D eigenvalue weighted by atomic mass is 10.0. The summed E-state index contributed by atoms with van der Waals surface area (Å²) in [5, 5.41) is 11.9. The monoisotopic (exact) mass is 544 g/mol. The molecule has 1 aromatic carbocycles. The fraction of sp³-hybridized carbons (Fsp3) is 0.304. The van der Waals surface area contributed by atoms with E-state index in [0.717, 1.165) is 26.8 Å². The molecule has 4 N–H and O–H groups in total. The molecule has 14 heteroatoms. The van der Waals surface area contributed by atoms with E-state index in [1.807, 2.05) is 18.2 Å². The molecule has 37 heavy (non-hydrogen) atoms. The van der Waals surface area contributed by atoms with Gasteiger partial charge in [0.05, 0.1) is 18.1 Å². The molecule has 2 aromatic heterocycles. The Bertz CT molecular complexity index is 1430. The molecule has 5 rings (SSSR count). The van der Waals surface area contributed by atoms with Gasteiger partial charge in [-0.05, 0) is 48.2 Å². The first kappa shape index (κ1) is 25.1. The van der Waals surface area contributed by atoms with Gasteiger partial charge in [-0.2, -0.15) is 17.7 Å². The summed E-state index contributed by atoms with van der Waals surface area (Å²) in [5.41, 5.74) is 3.40. The standard InChI is InChI=1S/C23H25ClN8O4S/c24-19-13-27-23-29-18-9-15(11-26-12-18)1-2-16-10-17(28-22(19)30-23)3-4-20(16)36-14-21(33)31-5-7-32(8-6-31)37(25,34)35/h3-4,9-13H,1-2,5-8,14H2,(H2,25,34,35)(H2,27,28,29,30). The second kappa shape index (κ2) is 10.5. The molecule has 6 bridgehead atoms. The van der Waals surface area contributed by atoms with Crippen molar-refractivity contribution in [3.05, 3.63) is 59.0 Å². The van der Waals surface area contributed by atoms with Gasteiger partial charge in [-0.25, -0.2) is 10.1 Å². The zero-order valence-electron chi connectivity index (χ0n) is 19.7. The van der Waals surface area contributed by atoms with E-state index >= 15 is 0 Å². The number of fused-ring (bicyclic) bond motifs is 6. The molecule has 0 radical (unpaired) electrons. The van der Waals surface area contributed by atoms with Crippen LogP contribution in [0.25, 0.3) is 0 Å². The molecule has 0 saturated carbocycles. The smallest absolute Gasteiger partial charge is 0.277 e. The van der Waals surface area contributed by atoms with Gasteiger partial charge in [0.15, 0.2) is 12.4 Å². The van der Waals surface area contributed by atoms with E-state index in [4.69, 9.17) is 21.5 Å². The molecule has 12 nitrogen and oxygen atoms in total. The highest BCUT2D eigenvalue weighted by atomic mass is 35.5. The van der Waals surface area contributed by atoms with Crippen LogP contribution >= 0.6 is 11.6 Å². The molecule has 2 aliphatic rings. The summed E-state index contributed by atoms with van der Waals surface area (Å²) < 4.78 is 30.1. The van der Waals surface area contributed by atoms with Crippen LogP contribution in [0.3, 0.4) is 0 Å². The van der Waals surface area contributed by atoms with Crippen LogP contribution < -0.4 is 20.5 Å². The number of hydrogen-bond donors (Lipinski definition) is 3. The number of halogens is 1. The number of ether oxygens (including phenoxy) is 1. The molecule has 1 saturated heterocycles. The zero-order valence-corrected chi connectivity index (χ0v) is 21.3. The molecule has 0 spiro atoms. The minimum Gasteiger partial charge on any atom is -0.483 e. The maximum atomic E-state index is 12.8. The predicted octanol–water partition coefficient (Wildman–Crippen LogP) is 1.84. The summed E-state index contributed by atoms with van der Waals surface area (Å²) >= 11 is 6.32. The normalized spacial score (nSPS) is 15.9. The van der Waals surface area contributed by atoms with E-state index in [0.29, 0.717) is 35.4 Å². The fourth-order valence-corrected chi connectivity index (χ4v) is 4.98. The highest BCUT2D eigenvalue weighted by Gasteiger charge is 2.26. The Kier molecular flexibility index (Phi) is 7.11. The van der Waals surface area contributed by atoms with Crippen molar-refractivity contribution in [2.75, 3.05) is 43.4 Å². The van der Waals surface area contributed by atoms with Gasteiger partial charge in [-0.3, -0.25) is 9.78 Å². The van der Waals surface area contributed by atoms with Crippen LogP contribution in [0.4, 0.5) is 23.1 Å². The Morgan fingerprint density at radius 1 is 1.05 bits per heavy atom. The molecular weight excluding hydrogens is 520 g/mol. The second-order valence-corrected chi connectivity index (χ2v) is 10.6. The van der Waals surface area contributed by atoms with Gasteiger partial charge >= 0.3 is 0 Å². The Morgan fingerprint density at radius 2 is 1.86 bits per heavy atom. The van der Waals surface area contributed by atoms with E-state index in [-0.39, 0.29) is 38.7 Å². The molecule has 194 valence electrons. The van der Waals surface area contributed by atoms with Crippen molar-refractivity contribution >= 4 is 50.9 Å². The second-order valence-electron chi connectivity index (χ2n) is 8.66. The number of nitrogens with two attached hydrogens (primary N) is 1. The molecular formula is C23H25ClN8O4S. The average molecular weight is 545 g/mol. The summed E-state index contributed by atoms with van der Waals surface area (Å²) in [6.07, 6.45) is 6.33. The lowest BCUT2D eigenvalue weighted by Crippen LogP contribution is -2.53. The van der Waals surface area contributed by atoms with Crippen molar-refractivity contribution in [3.63, 3.8) is 0 Å². The lowest BCUT2D eigenvalue weighted by molar-refractivity contribution is -0.134. The molecule has 4 heterocycles. The van der Waals surface area contributed by atoms with Crippen molar-refractivity contribution in [2.45, 2.75) is 12.8 Å². The van der Waals surface area contributed by atoms with Crippen molar-refractivity contribution in [1.82, 2.24) is 24.2 Å². The summed E-state index contributed by atoms with van der Waals surface area (Å²) in [7, 11) is -3.76. The van der Waals surface area contributed by atoms with Gasteiger partial charge in [-0.15, -0.1) is 0 Å². The van der Waals surface area contributed by atoms with Crippen molar-refractivity contribution in [1.29, 1.82) is 0 Å². The highest BCUT2D eigenvalue weighted by molar-refractivity contribution is 7.86. The molecule has 0 unspecified atom stereocenters. The Morgan fingerprint density at radius 3 is 2.65 bits per heavy atom. The average Bonchev–Trinajstić information content (AvgIpc) is 2.88. The minimum absolute atomic E-state index is 0.158.